The lowest BCUT2D eigenvalue weighted by Crippen LogP contribution is -2.40. The number of fused-ring (bicyclic) bond motifs is 1. The smallest absolute Gasteiger partial charge is 0.237 e. The number of nitrogens with zero attached hydrogens (tertiary/aromatic N) is 4. The van der Waals surface area contributed by atoms with Crippen molar-refractivity contribution >= 4 is 35.0 Å². The maximum atomic E-state index is 13.2. The third-order valence-corrected chi connectivity index (χ3v) is 5.95. The Labute approximate surface area is 179 Å². The van der Waals surface area contributed by atoms with Gasteiger partial charge >= 0.3 is 0 Å². The van der Waals surface area contributed by atoms with E-state index >= 15 is 0 Å². The molecule has 0 aliphatic carbocycles. The van der Waals surface area contributed by atoms with Gasteiger partial charge in [0.25, 0.3) is 0 Å². The Balaban J connectivity index is 1.57. The first kappa shape index (κ1) is 20.2. The van der Waals surface area contributed by atoms with Crippen LogP contribution in [-0.4, -0.2) is 38.4 Å². The molecule has 0 saturated carbocycles. The van der Waals surface area contributed by atoms with E-state index < -0.39 is 0 Å². The second-order valence-electron chi connectivity index (χ2n) is 7.37. The van der Waals surface area contributed by atoms with Crippen LogP contribution in [0, 0.1) is 13.8 Å². The van der Waals surface area contributed by atoms with Crippen LogP contribution in [0.25, 0.3) is 5.69 Å². The molecule has 154 valence electrons. The van der Waals surface area contributed by atoms with Crippen LogP contribution >= 0.6 is 11.8 Å². The number of hydrogen-bond donors (Lipinski definition) is 1. The number of benzene rings is 2. The maximum Gasteiger partial charge on any atom is 0.237 e. The molecule has 8 heteroatoms. The average molecular weight is 422 g/mol. The number of carbonyl (C=O) groups is 2. The van der Waals surface area contributed by atoms with E-state index in [0.717, 1.165) is 17.2 Å². The van der Waals surface area contributed by atoms with Gasteiger partial charge in [-0.1, -0.05) is 41.6 Å². The Hall–Kier alpha value is -3.13. The highest BCUT2D eigenvalue weighted by Crippen LogP contribution is 2.32. The molecule has 1 aromatic heterocycles. The molecule has 0 radical (unpaired) electrons. The fraction of sp³-hybridized carbons (Fsp3) is 0.273. The standard InChI is InChI=1S/C22H23N5O2S/c1-14-8-10-17(11-9-14)27-16(3)24-25-22(27)30-13-21(29)26-15(2)12-20(28)23-18-6-4-5-7-19(18)26/h4-11,15H,12-13H2,1-3H3,(H,23,28)/t15-/m0/s1. The van der Waals surface area contributed by atoms with Gasteiger partial charge in [0.2, 0.25) is 11.8 Å². The molecule has 1 aliphatic heterocycles. The predicted molar refractivity (Wildman–Crippen MR) is 118 cm³/mol. The van der Waals surface area contributed by atoms with Crippen molar-refractivity contribution in [2.75, 3.05) is 16.0 Å². The van der Waals surface area contributed by atoms with Crippen molar-refractivity contribution in [3.63, 3.8) is 0 Å². The lowest BCUT2D eigenvalue weighted by Gasteiger charge is -2.27. The molecule has 0 bridgehead atoms. The van der Waals surface area contributed by atoms with Crippen LogP contribution in [0.5, 0.6) is 0 Å². The van der Waals surface area contributed by atoms with Crippen molar-refractivity contribution < 1.29 is 9.59 Å². The van der Waals surface area contributed by atoms with Gasteiger partial charge in [0, 0.05) is 18.2 Å². The van der Waals surface area contributed by atoms with Gasteiger partial charge in [-0.2, -0.15) is 0 Å². The Kier molecular flexibility index (Phi) is 5.59. The third kappa shape index (κ3) is 3.95. The third-order valence-electron chi connectivity index (χ3n) is 5.04. The highest BCUT2D eigenvalue weighted by molar-refractivity contribution is 7.99. The molecule has 7 nitrogen and oxygen atoms in total. The Bertz CT molecular complexity index is 1090. The number of aryl methyl sites for hydroxylation is 2. The summed E-state index contributed by atoms with van der Waals surface area (Å²) < 4.78 is 1.95. The van der Waals surface area contributed by atoms with Crippen molar-refractivity contribution in [1.82, 2.24) is 14.8 Å². The van der Waals surface area contributed by atoms with E-state index in [4.69, 9.17) is 0 Å². The molecule has 2 aromatic carbocycles. The largest absolute Gasteiger partial charge is 0.324 e. The fourth-order valence-corrected chi connectivity index (χ4v) is 4.45. The van der Waals surface area contributed by atoms with Crippen LogP contribution in [-0.2, 0) is 9.59 Å². The Morgan fingerprint density at radius 1 is 1.13 bits per heavy atom. The molecule has 2 heterocycles. The van der Waals surface area contributed by atoms with Crippen LogP contribution in [0.4, 0.5) is 11.4 Å². The van der Waals surface area contributed by atoms with Gasteiger partial charge in [-0.15, -0.1) is 10.2 Å². The Morgan fingerprint density at radius 2 is 1.87 bits per heavy atom. The van der Waals surface area contributed by atoms with Crippen LogP contribution in [0.1, 0.15) is 24.7 Å². The summed E-state index contributed by atoms with van der Waals surface area (Å²) >= 11 is 1.35. The summed E-state index contributed by atoms with van der Waals surface area (Å²) in [5.74, 6) is 0.786. The average Bonchev–Trinajstić information content (AvgIpc) is 3.02. The van der Waals surface area contributed by atoms with E-state index in [1.165, 1.54) is 17.3 Å². The molecule has 1 atom stereocenters. The van der Waals surface area contributed by atoms with Gasteiger partial charge in [0.05, 0.1) is 17.1 Å². The van der Waals surface area contributed by atoms with E-state index in [1.54, 1.807) is 4.90 Å². The number of amides is 2. The summed E-state index contributed by atoms with van der Waals surface area (Å²) in [6, 6.07) is 15.3. The number of nitrogens with one attached hydrogen (secondary N) is 1. The number of hydrogen-bond acceptors (Lipinski definition) is 5. The SMILES string of the molecule is Cc1ccc(-n2c(C)nnc2SCC(=O)N2c3ccccc3NC(=O)C[C@@H]2C)cc1. The minimum Gasteiger partial charge on any atom is -0.324 e. The second-order valence-corrected chi connectivity index (χ2v) is 8.31. The first-order chi connectivity index (χ1) is 14.4. The molecule has 3 aromatic rings. The molecule has 30 heavy (non-hydrogen) atoms. The molecular formula is C22H23N5O2S. The topological polar surface area (TPSA) is 80.1 Å². The number of rotatable bonds is 4. The van der Waals surface area contributed by atoms with Gasteiger partial charge in [0.15, 0.2) is 5.16 Å². The monoisotopic (exact) mass is 421 g/mol. The number of carbonyl (C=O) groups excluding carboxylic acids is 2. The first-order valence-corrected chi connectivity index (χ1v) is 10.8. The molecule has 0 spiro atoms. The van der Waals surface area contributed by atoms with Gasteiger partial charge in [-0.25, -0.2) is 0 Å². The minimum absolute atomic E-state index is 0.0763. The molecule has 0 saturated heterocycles. The molecule has 2 amide bonds. The number of aromatic nitrogens is 3. The maximum absolute atomic E-state index is 13.2. The molecular weight excluding hydrogens is 398 g/mol. The summed E-state index contributed by atoms with van der Waals surface area (Å²) in [7, 11) is 0. The van der Waals surface area contributed by atoms with E-state index in [1.807, 2.05) is 73.9 Å². The quantitative estimate of drug-likeness (QED) is 0.649. The van der Waals surface area contributed by atoms with Crippen LogP contribution < -0.4 is 10.2 Å². The van der Waals surface area contributed by atoms with Crippen LogP contribution in [0.15, 0.2) is 53.7 Å². The summed E-state index contributed by atoms with van der Waals surface area (Å²) in [6.45, 7) is 5.82. The zero-order valence-electron chi connectivity index (χ0n) is 17.1. The first-order valence-electron chi connectivity index (χ1n) is 9.77. The van der Waals surface area contributed by atoms with E-state index in [9.17, 15) is 9.59 Å². The summed E-state index contributed by atoms with van der Waals surface area (Å²) in [5.41, 5.74) is 3.51. The Morgan fingerprint density at radius 3 is 2.63 bits per heavy atom. The van der Waals surface area contributed by atoms with Gasteiger partial charge < -0.3 is 10.2 Å². The minimum atomic E-state index is -0.238. The summed E-state index contributed by atoms with van der Waals surface area (Å²) in [6.07, 6.45) is 0.254. The molecule has 0 unspecified atom stereocenters. The fourth-order valence-electron chi connectivity index (χ4n) is 3.59. The lowest BCUT2D eigenvalue weighted by atomic mass is 10.2. The molecule has 4 rings (SSSR count). The second kappa shape index (κ2) is 8.31. The zero-order valence-corrected chi connectivity index (χ0v) is 17.9. The van der Waals surface area contributed by atoms with Crippen molar-refractivity contribution in [3.05, 3.63) is 59.9 Å². The van der Waals surface area contributed by atoms with E-state index in [2.05, 4.69) is 15.5 Å². The highest BCUT2D eigenvalue weighted by atomic mass is 32.2. The van der Waals surface area contributed by atoms with E-state index in [0.29, 0.717) is 10.8 Å². The summed E-state index contributed by atoms with van der Waals surface area (Å²) in [4.78, 5) is 27.1. The molecule has 1 aliphatic rings. The van der Waals surface area contributed by atoms with Crippen molar-refractivity contribution in [1.29, 1.82) is 0 Å². The summed E-state index contributed by atoms with van der Waals surface area (Å²) in [5, 5.41) is 12.0. The van der Waals surface area contributed by atoms with Gasteiger partial charge in [0.1, 0.15) is 5.82 Å². The molecule has 0 fully saturated rings. The van der Waals surface area contributed by atoms with E-state index in [-0.39, 0.29) is 30.0 Å². The lowest BCUT2D eigenvalue weighted by molar-refractivity contribution is -0.117. The van der Waals surface area contributed by atoms with Crippen molar-refractivity contribution in [2.24, 2.45) is 0 Å². The number of thioether (sulfide) groups is 1. The number of para-hydroxylation sites is 2. The normalized spacial score (nSPS) is 16.0. The van der Waals surface area contributed by atoms with Crippen molar-refractivity contribution in [3.8, 4) is 5.69 Å². The van der Waals surface area contributed by atoms with Crippen LogP contribution in [0.3, 0.4) is 0 Å². The number of anilines is 2. The predicted octanol–water partition coefficient (Wildman–Crippen LogP) is 3.74. The van der Waals surface area contributed by atoms with Gasteiger partial charge in [-0.05, 0) is 45.0 Å². The van der Waals surface area contributed by atoms with Crippen molar-refractivity contribution in [2.45, 2.75) is 38.4 Å². The molecule has 1 N–H and O–H groups in total. The highest BCUT2D eigenvalue weighted by Gasteiger charge is 2.29. The van der Waals surface area contributed by atoms with Crippen LogP contribution in [0.2, 0.25) is 0 Å². The zero-order chi connectivity index (χ0) is 21.3. The van der Waals surface area contributed by atoms with Gasteiger partial charge in [-0.3, -0.25) is 14.2 Å².